The fraction of sp³-hybridized carbons (Fsp3) is 0.429. The molecular formula is C42H46N8O6. The second-order valence-corrected chi connectivity index (χ2v) is 15.4. The molecule has 2 aromatic heterocycles. The third kappa shape index (κ3) is 7.44. The maximum atomic E-state index is 11.9. The number of carbonyl (C=O) groups is 2. The summed E-state index contributed by atoms with van der Waals surface area (Å²) in [4.78, 5) is 68.0. The lowest BCUT2D eigenvalue weighted by Crippen LogP contribution is -2.54. The number of amides is 2. The number of imidazole rings is 2. The molecule has 6 N–H and O–H groups in total. The monoisotopic (exact) mass is 758 g/mol. The molecule has 4 aliphatic rings. The Morgan fingerprint density at radius 2 is 1.00 bits per heavy atom. The van der Waals surface area contributed by atoms with E-state index < -0.39 is 12.2 Å². The molecule has 290 valence electrons. The van der Waals surface area contributed by atoms with Gasteiger partial charge in [-0.1, -0.05) is 48.5 Å². The quantitative estimate of drug-likeness (QED) is 0.105. The smallest absolute Gasteiger partial charge is 0.404 e. The molecule has 2 aliphatic carbocycles. The molecule has 4 aromatic rings. The van der Waals surface area contributed by atoms with Crippen LogP contribution in [-0.4, -0.2) is 101 Å². The number of aromatic amines is 2. The van der Waals surface area contributed by atoms with Crippen LogP contribution in [0.15, 0.2) is 72.1 Å². The molecule has 2 aliphatic heterocycles. The molecule has 4 heterocycles. The fourth-order valence-electron chi connectivity index (χ4n) is 9.65. The van der Waals surface area contributed by atoms with E-state index in [-0.39, 0.29) is 36.3 Å². The van der Waals surface area contributed by atoms with Gasteiger partial charge < -0.3 is 30.8 Å². The third-order valence-corrected chi connectivity index (χ3v) is 12.1. The van der Waals surface area contributed by atoms with Gasteiger partial charge in [0.25, 0.3) is 0 Å². The van der Waals surface area contributed by atoms with Crippen LogP contribution in [0.3, 0.4) is 0 Å². The van der Waals surface area contributed by atoms with E-state index in [1.165, 1.54) is 0 Å². The van der Waals surface area contributed by atoms with Crippen molar-refractivity contribution in [3.05, 3.63) is 83.7 Å². The second kappa shape index (κ2) is 16.1. The van der Waals surface area contributed by atoms with Crippen molar-refractivity contribution in [2.45, 2.75) is 100 Å². The molecule has 2 aromatic carbocycles. The lowest BCUT2D eigenvalue weighted by atomic mass is 9.85. The molecule has 8 rings (SSSR count). The molecule has 0 bridgehead atoms. The van der Waals surface area contributed by atoms with Crippen molar-refractivity contribution in [1.82, 2.24) is 40.4 Å². The predicted octanol–water partition coefficient (Wildman–Crippen LogP) is 6.30. The van der Waals surface area contributed by atoms with Gasteiger partial charge >= 0.3 is 12.2 Å². The van der Waals surface area contributed by atoms with Crippen LogP contribution in [-0.2, 0) is 9.59 Å². The normalized spacial score (nSPS) is 25.8. The average Bonchev–Trinajstić information content (AvgIpc) is 4.05. The lowest BCUT2D eigenvalue weighted by Gasteiger charge is -2.40. The fourth-order valence-corrected chi connectivity index (χ4v) is 9.65. The Bertz CT molecular complexity index is 2010. The number of carboxylic acid groups (broad SMARTS) is 2. The topological polar surface area (TPSA) is 197 Å². The van der Waals surface area contributed by atoms with Crippen LogP contribution < -0.4 is 10.6 Å². The molecule has 0 radical (unpaired) electrons. The van der Waals surface area contributed by atoms with Crippen molar-refractivity contribution in [2.75, 3.05) is 13.1 Å². The van der Waals surface area contributed by atoms with E-state index >= 15 is 0 Å². The van der Waals surface area contributed by atoms with E-state index in [9.17, 15) is 29.4 Å². The number of nitrogens with one attached hydrogen (secondary N) is 4. The number of carbonyl (C=O) groups excluding carboxylic acids is 2. The van der Waals surface area contributed by atoms with E-state index in [1.54, 1.807) is 0 Å². The van der Waals surface area contributed by atoms with Gasteiger partial charge in [0, 0.05) is 11.1 Å². The van der Waals surface area contributed by atoms with Gasteiger partial charge in [-0.2, -0.15) is 0 Å². The summed E-state index contributed by atoms with van der Waals surface area (Å²) in [6.07, 6.45) is 9.16. The number of hydrogen-bond donors (Lipinski definition) is 6. The predicted molar refractivity (Wildman–Crippen MR) is 208 cm³/mol. The summed E-state index contributed by atoms with van der Waals surface area (Å²) in [6.45, 7) is 1.50. The molecule has 6 atom stereocenters. The summed E-state index contributed by atoms with van der Waals surface area (Å²) >= 11 is 0. The maximum absolute atomic E-state index is 11.9. The molecule has 56 heavy (non-hydrogen) atoms. The molecule has 2 amide bonds. The van der Waals surface area contributed by atoms with E-state index in [0.717, 1.165) is 96.9 Å². The highest BCUT2D eigenvalue weighted by atomic mass is 16.4. The molecule has 14 heteroatoms. The highest BCUT2D eigenvalue weighted by molar-refractivity contribution is 5.72. The Hall–Kier alpha value is -5.78. The molecule has 4 unspecified atom stereocenters. The molecule has 2 saturated heterocycles. The van der Waals surface area contributed by atoms with Crippen LogP contribution in [0.1, 0.15) is 87.9 Å². The zero-order valence-corrected chi connectivity index (χ0v) is 31.0. The number of benzene rings is 2. The first-order valence-corrected chi connectivity index (χ1v) is 19.6. The number of hydrogen-bond acceptors (Lipinski definition) is 8. The highest BCUT2D eigenvalue weighted by Gasteiger charge is 2.43. The number of rotatable bonds is 9. The van der Waals surface area contributed by atoms with Crippen molar-refractivity contribution in [1.29, 1.82) is 0 Å². The molecular weight excluding hydrogens is 713 g/mol. The lowest BCUT2D eigenvalue weighted by molar-refractivity contribution is 0.133. The van der Waals surface area contributed by atoms with E-state index in [4.69, 9.17) is 9.97 Å². The summed E-state index contributed by atoms with van der Waals surface area (Å²) in [6, 6.07) is 15.1. The van der Waals surface area contributed by atoms with Crippen molar-refractivity contribution >= 4 is 24.1 Å². The Labute approximate surface area is 324 Å². The summed E-state index contributed by atoms with van der Waals surface area (Å²) in [5, 5.41) is 24.3. The summed E-state index contributed by atoms with van der Waals surface area (Å²) in [5.41, 5.74) is 7.12. The van der Waals surface area contributed by atoms with Crippen LogP contribution in [0, 0.1) is 0 Å². The minimum absolute atomic E-state index is 0.0630. The van der Waals surface area contributed by atoms with Crippen LogP contribution in [0.2, 0.25) is 0 Å². The van der Waals surface area contributed by atoms with Crippen LogP contribution in [0.4, 0.5) is 9.59 Å². The Morgan fingerprint density at radius 1 is 0.607 bits per heavy atom. The number of nitrogens with zero attached hydrogens (tertiary/aromatic N) is 4. The first-order chi connectivity index (χ1) is 27.3. The Morgan fingerprint density at radius 3 is 1.38 bits per heavy atom. The minimum Gasteiger partial charge on any atom is -0.465 e. The van der Waals surface area contributed by atoms with Gasteiger partial charge in [0.05, 0.1) is 60.0 Å². The number of likely N-dealkylation sites (tertiary alicyclic amines) is 2. The van der Waals surface area contributed by atoms with Gasteiger partial charge in [-0.15, -0.1) is 0 Å². The van der Waals surface area contributed by atoms with Crippen molar-refractivity contribution in [3.63, 3.8) is 0 Å². The highest BCUT2D eigenvalue weighted by Crippen LogP contribution is 2.40. The van der Waals surface area contributed by atoms with Crippen molar-refractivity contribution < 1.29 is 29.4 Å². The SMILES string of the molecule is O=C=C1CCCC(NC(=O)O)C1N1CCCC1c1ncc(-c2ccc(-c3ccc(-c4cnc(C5CCCN5[C@H]5C(=C=O)CCC[C@H]5NC(=O)O)[nH]4)cc3)cc2)[nH]1. The third-order valence-electron chi connectivity index (χ3n) is 12.1. The van der Waals surface area contributed by atoms with E-state index in [2.05, 4.69) is 90.8 Å². The summed E-state index contributed by atoms with van der Waals surface area (Å²) in [7, 11) is 0. The maximum Gasteiger partial charge on any atom is 0.404 e. The zero-order valence-electron chi connectivity index (χ0n) is 31.0. The van der Waals surface area contributed by atoms with Gasteiger partial charge in [0.1, 0.15) is 23.5 Å². The second-order valence-electron chi connectivity index (χ2n) is 15.4. The largest absolute Gasteiger partial charge is 0.465 e. The standard InChI is InChI=1S/C42H46N8O6/c51-23-29-5-1-7-31(47-41(53)54)37(29)49-19-3-9-35(49)39-43-21-33(45-39)27-15-11-25(12-16-27)26-13-17-28(18-14-26)34-22-44-40(46-34)36-10-4-20-50(36)38-30(24-52)6-2-8-32(38)48-42(55)56/h11-18,21-22,31-32,35-38,47-48H,1-10,19-20H2,(H,43,45)(H,44,46)(H,53,54)(H,55,56)/t31-,32?,35?,36?,37+,38?/m1/s1. The van der Waals surface area contributed by atoms with Gasteiger partial charge in [-0.25, -0.2) is 29.1 Å². The first-order valence-electron chi connectivity index (χ1n) is 19.6. The molecule has 0 spiro atoms. The van der Waals surface area contributed by atoms with Crippen LogP contribution in [0.25, 0.3) is 33.6 Å². The first kappa shape index (κ1) is 37.2. The Kier molecular flexibility index (Phi) is 10.7. The van der Waals surface area contributed by atoms with Crippen LogP contribution >= 0.6 is 0 Å². The van der Waals surface area contributed by atoms with Crippen molar-refractivity contribution in [3.8, 4) is 33.6 Å². The zero-order chi connectivity index (χ0) is 38.8. The number of aromatic nitrogens is 4. The summed E-state index contributed by atoms with van der Waals surface area (Å²) in [5.74, 6) is 5.87. The van der Waals surface area contributed by atoms with Gasteiger partial charge in [-0.05, 0) is 99.6 Å². The van der Waals surface area contributed by atoms with Gasteiger partial charge in [-0.3, -0.25) is 9.80 Å². The number of H-pyrrole nitrogens is 2. The Balaban J connectivity index is 0.944. The molecule has 4 fully saturated rings. The van der Waals surface area contributed by atoms with E-state index in [0.29, 0.717) is 36.8 Å². The van der Waals surface area contributed by atoms with Gasteiger partial charge in [0.2, 0.25) is 0 Å². The molecule has 14 nitrogen and oxygen atoms in total. The minimum atomic E-state index is -1.08. The molecule has 2 saturated carbocycles. The van der Waals surface area contributed by atoms with Crippen molar-refractivity contribution in [2.24, 2.45) is 0 Å². The van der Waals surface area contributed by atoms with Crippen LogP contribution in [0.5, 0.6) is 0 Å². The van der Waals surface area contributed by atoms with E-state index in [1.807, 2.05) is 12.4 Å². The summed E-state index contributed by atoms with van der Waals surface area (Å²) < 4.78 is 0. The average molecular weight is 759 g/mol. The van der Waals surface area contributed by atoms with Gasteiger partial charge in [0.15, 0.2) is 0 Å².